The summed E-state index contributed by atoms with van der Waals surface area (Å²) in [7, 11) is 0. The fourth-order valence-corrected chi connectivity index (χ4v) is 8.09. The summed E-state index contributed by atoms with van der Waals surface area (Å²) in [6.45, 7) is 4.77. The Morgan fingerprint density at radius 3 is 2.65 bits per heavy atom. The Kier molecular flexibility index (Phi) is 3.98. The third kappa shape index (κ3) is 2.38. The lowest BCUT2D eigenvalue weighted by Gasteiger charge is -2.57. The molecule has 1 aromatic carbocycles. The topological polar surface area (TPSA) is 38.1 Å². The molecule has 3 heteroatoms. The fraction of sp³-hybridized carbons (Fsp3) is 0.536. The van der Waals surface area contributed by atoms with Gasteiger partial charge in [0.05, 0.1) is 17.6 Å². The van der Waals surface area contributed by atoms with E-state index >= 15 is 0 Å². The van der Waals surface area contributed by atoms with E-state index in [9.17, 15) is 5.11 Å². The maximum Gasteiger partial charge on any atom is 0.130 e. The summed E-state index contributed by atoms with van der Waals surface area (Å²) in [6, 6.07) is 10.5. The largest absolute Gasteiger partial charge is 0.377 e. The average Bonchev–Trinajstić information content (AvgIpc) is 3.33. The van der Waals surface area contributed by atoms with Crippen molar-refractivity contribution in [3.8, 4) is 18.0 Å². The molecule has 0 spiro atoms. The van der Waals surface area contributed by atoms with Crippen LogP contribution in [-0.4, -0.2) is 20.5 Å². The van der Waals surface area contributed by atoms with Gasteiger partial charge in [-0.1, -0.05) is 44.0 Å². The molecule has 1 aromatic heterocycles. The third-order valence-electron chi connectivity index (χ3n) is 9.90. The molecule has 6 atom stereocenters. The molecule has 0 unspecified atom stereocenters. The van der Waals surface area contributed by atoms with E-state index in [0.717, 1.165) is 44.2 Å². The minimum Gasteiger partial charge on any atom is -0.377 e. The first-order valence-corrected chi connectivity index (χ1v) is 11.9. The lowest BCUT2D eigenvalue weighted by Crippen LogP contribution is -2.53. The van der Waals surface area contributed by atoms with Gasteiger partial charge in [-0.15, -0.1) is 6.42 Å². The molecule has 2 aromatic rings. The monoisotopic (exact) mass is 412 g/mol. The van der Waals surface area contributed by atoms with Gasteiger partial charge in [-0.2, -0.15) is 5.10 Å². The lowest BCUT2D eigenvalue weighted by atomic mass is 9.47. The van der Waals surface area contributed by atoms with Crippen molar-refractivity contribution in [3.63, 3.8) is 0 Å². The SMILES string of the molecule is C#C[C@]1(O)CC[C@H]2[C@@H]3CC=C4c5cnn(-c6ccccc6)c5CC[C@]4(C)[C@H]3CC[C@@]21C. The van der Waals surface area contributed by atoms with E-state index in [1.54, 1.807) is 0 Å². The van der Waals surface area contributed by atoms with Crippen LogP contribution >= 0.6 is 0 Å². The van der Waals surface area contributed by atoms with Crippen LogP contribution in [0.2, 0.25) is 0 Å². The van der Waals surface area contributed by atoms with Gasteiger partial charge in [0.25, 0.3) is 0 Å². The van der Waals surface area contributed by atoms with Crippen LogP contribution in [0.4, 0.5) is 0 Å². The molecule has 4 aliphatic carbocycles. The summed E-state index contributed by atoms with van der Waals surface area (Å²) in [4.78, 5) is 0. The van der Waals surface area contributed by atoms with E-state index in [2.05, 4.69) is 67.1 Å². The number of nitrogens with zero attached hydrogens (tertiary/aromatic N) is 2. The van der Waals surface area contributed by atoms with Crippen LogP contribution in [0.25, 0.3) is 11.3 Å². The highest BCUT2D eigenvalue weighted by atomic mass is 16.3. The highest BCUT2D eigenvalue weighted by Gasteiger charge is 2.63. The Balaban J connectivity index is 1.39. The van der Waals surface area contributed by atoms with Gasteiger partial charge in [0.2, 0.25) is 0 Å². The first kappa shape index (κ1) is 19.4. The molecule has 0 bridgehead atoms. The number of aromatic nitrogens is 2. The second-order valence-corrected chi connectivity index (χ2v) is 10.9. The van der Waals surface area contributed by atoms with Gasteiger partial charge in [0.15, 0.2) is 0 Å². The van der Waals surface area contributed by atoms with Gasteiger partial charge in [0.1, 0.15) is 5.60 Å². The first-order valence-electron chi connectivity index (χ1n) is 11.9. The number of rotatable bonds is 1. The van der Waals surface area contributed by atoms with Crippen molar-refractivity contribution in [3.05, 3.63) is 53.9 Å². The number of hydrogen-bond donors (Lipinski definition) is 1. The zero-order valence-electron chi connectivity index (χ0n) is 18.6. The summed E-state index contributed by atoms with van der Waals surface area (Å²) >= 11 is 0. The van der Waals surface area contributed by atoms with E-state index in [1.165, 1.54) is 23.3 Å². The van der Waals surface area contributed by atoms with Crippen molar-refractivity contribution in [2.24, 2.45) is 28.6 Å². The van der Waals surface area contributed by atoms with Gasteiger partial charge >= 0.3 is 0 Å². The van der Waals surface area contributed by atoms with Crippen molar-refractivity contribution in [2.75, 3.05) is 0 Å². The van der Waals surface area contributed by atoms with Crippen molar-refractivity contribution in [1.29, 1.82) is 0 Å². The number of allylic oxidation sites excluding steroid dienone is 2. The highest BCUT2D eigenvalue weighted by Crippen LogP contribution is 2.67. The maximum absolute atomic E-state index is 11.2. The lowest BCUT2D eigenvalue weighted by molar-refractivity contribution is -0.0887. The van der Waals surface area contributed by atoms with Crippen molar-refractivity contribution >= 4 is 5.57 Å². The molecule has 31 heavy (non-hydrogen) atoms. The van der Waals surface area contributed by atoms with E-state index in [-0.39, 0.29) is 10.8 Å². The molecule has 2 fully saturated rings. The van der Waals surface area contributed by atoms with E-state index < -0.39 is 5.60 Å². The van der Waals surface area contributed by atoms with Crippen LogP contribution < -0.4 is 0 Å². The number of benzene rings is 1. The molecule has 1 N–H and O–H groups in total. The van der Waals surface area contributed by atoms with Crippen molar-refractivity contribution < 1.29 is 5.11 Å². The number of hydrogen-bond acceptors (Lipinski definition) is 2. The van der Waals surface area contributed by atoms with Gasteiger partial charge in [0, 0.05) is 11.0 Å². The quantitative estimate of drug-likeness (QED) is 0.635. The fourth-order valence-electron chi connectivity index (χ4n) is 8.09. The summed E-state index contributed by atoms with van der Waals surface area (Å²) in [5.41, 5.74) is 4.51. The predicted octanol–water partition coefficient (Wildman–Crippen LogP) is 5.42. The number of fused-ring (bicyclic) bond motifs is 7. The Morgan fingerprint density at radius 1 is 1.10 bits per heavy atom. The van der Waals surface area contributed by atoms with Gasteiger partial charge in [-0.05, 0) is 85.8 Å². The average molecular weight is 413 g/mol. The molecule has 0 aliphatic heterocycles. The summed E-state index contributed by atoms with van der Waals surface area (Å²) < 4.78 is 2.14. The molecule has 3 nitrogen and oxygen atoms in total. The second-order valence-electron chi connectivity index (χ2n) is 10.9. The molecular weight excluding hydrogens is 380 g/mol. The molecule has 0 saturated heterocycles. The Labute approximate surface area is 185 Å². The molecule has 4 aliphatic rings. The van der Waals surface area contributed by atoms with Crippen LogP contribution in [0.15, 0.2) is 42.6 Å². The summed E-state index contributed by atoms with van der Waals surface area (Å²) in [5.74, 6) is 4.62. The van der Waals surface area contributed by atoms with E-state index in [4.69, 9.17) is 11.5 Å². The molecule has 0 radical (unpaired) electrons. The van der Waals surface area contributed by atoms with Gasteiger partial charge in [-0.25, -0.2) is 4.68 Å². The zero-order valence-corrected chi connectivity index (χ0v) is 18.6. The number of para-hydroxylation sites is 1. The molecular formula is C28H32N2O. The number of terminal acetylenes is 1. The minimum absolute atomic E-state index is 0.136. The Hall–Kier alpha value is -2.31. The predicted molar refractivity (Wildman–Crippen MR) is 123 cm³/mol. The van der Waals surface area contributed by atoms with Crippen molar-refractivity contribution in [1.82, 2.24) is 9.78 Å². The van der Waals surface area contributed by atoms with Gasteiger partial charge in [-0.3, -0.25) is 0 Å². The van der Waals surface area contributed by atoms with Crippen LogP contribution in [0.3, 0.4) is 0 Å². The minimum atomic E-state index is -0.926. The molecule has 0 amide bonds. The molecule has 2 saturated carbocycles. The maximum atomic E-state index is 11.2. The first-order chi connectivity index (χ1) is 14.9. The summed E-state index contributed by atoms with van der Waals surface area (Å²) in [6.07, 6.45) is 17.8. The van der Waals surface area contributed by atoms with Crippen LogP contribution in [0.5, 0.6) is 0 Å². The van der Waals surface area contributed by atoms with Crippen LogP contribution in [0, 0.1) is 40.9 Å². The van der Waals surface area contributed by atoms with Crippen LogP contribution in [-0.2, 0) is 6.42 Å². The molecule has 160 valence electrons. The second kappa shape index (κ2) is 6.36. The highest BCUT2D eigenvalue weighted by molar-refractivity contribution is 5.75. The summed E-state index contributed by atoms with van der Waals surface area (Å²) in [5, 5.41) is 16.0. The van der Waals surface area contributed by atoms with Gasteiger partial charge < -0.3 is 5.11 Å². The standard InChI is InChI=1S/C28H32N2O/c1-4-28(31)17-13-24-20-10-11-22-21-18-29-30(19-8-6-5-7-9-19)25(21)14-15-26(22,2)23(20)12-16-27(24,28)3/h1,5-9,11,18,20,23-24,31H,10,12-17H2,2-3H3/t20-,23+,24+,26+,27+,28+/m1/s1. The Bertz CT molecular complexity index is 1110. The van der Waals surface area contributed by atoms with Crippen LogP contribution in [0.1, 0.15) is 63.6 Å². The smallest absolute Gasteiger partial charge is 0.130 e. The molecule has 1 heterocycles. The normalized spacial score (nSPS) is 40.7. The number of aliphatic hydroxyl groups is 1. The van der Waals surface area contributed by atoms with Crippen molar-refractivity contribution in [2.45, 2.75) is 64.4 Å². The Morgan fingerprint density at radius 2 is 1.87 bits per heavy atom. The van der Waals surface area contributed by atoms with E-state index in [1.807, 2.05) is 0 Å². The van der Waals surface area contributed by atoms with E-state index in [0.29, 0.717) is 17.8 Å². The third-order valence-corrected chi connectivity index (χ3v) is 9.90. The molecule has 6 rings (SSSR count). The zero-order chi connectivity index (χ0) is 21.4.